The van der Waals surface area contributed by atoms with E-state index in [0.29, 0.717) is 38.5 Å². The topological polar surface area (TPSA) is 104 Å². The number of carbonyl (C=O) groups is 2. The third-order valence-electron chi connectivity index (χ3n) is 8.86. The molecule has 6 atom stereocenters. The van der Waals surface area contributed by atoms with Crippen LogP contribution in [0.15, 0.2) is 0 Å². The monoisotopic (exact) mass is 366 g/mol. The molecule has 0 aromatic heterocycles. The first kappa shape index (κ1) is 18.2. The Balaban J connectivity index is 1.82. The maximum Gasteiger partial charge on any atom is 0.309 e. The van der Waals surface area contributed by atoms with E-state index in [0.717, 1.165) is 12.8 Å². The van der Waals surface area contributed by atoms with E-state index in [1.54, 1.807) is 0 Å². The molecule has 1 heterocycles. The third kappa shape index (κ3) is 1.95. The van der Waals surface area contributed by atoms with Crippen molar-refractivity contribution in [3.05, 3.63) is 0 Å². The Kier molecular flexibility index (Phi) is 3.66. The van der Waals surface area contributed by atoms with Crippen LogP contribution in [0.25, 0.3) is 0 Å². The van der Waals surface area contributed by atoms with Crippen molar-refractivity contribution in [2.24, 2.45) is 22.2 Å². The zero-order valence-corrected chi connectivity index (χ0v) is 15.7. The fourth-order valence-corrected chi connectivity index (χ4v) is 7.50. The van der Waals surface area contributed by atoms with Gasteiger partial charge in [0.15, 0.2) is 0 Å². The van der Waals surface area contributed by atoms with Gasteiger partial charge in [-0.05, 0) is 57.8 Å². The molecule has 3 aliphatic carbocycles. The van der Waals surface area contributed by atoms with Gasteiger partial charge in [-0.2, -0.15) is 0 Å². The summed E-state index contributed by atoms with van der Waals surface area (Å²) in [5.41, 5.74) is -3.99. The minimum atomic E-state index is -1.10. The molecular weight excluding hydrogens is 336 g/mol. The number of ether oxygens (including phenoxy) is 1. The van der Waals surface area contributed by atoms with Crippen molar-refractivity contribution in [3.8, 4) is 0 Å². The summed E-state index contributed by atoms with van der Waals surface area (Å²) in [7, 11) is 0. The SMILES string of the molecule is C[C@]12CCC[C@](C)(C(=O)O)[C@@H]1CC[C@@]13CC(=O)O[C@@](CO)(CC[C@]12O)C3. The van der Waals surface area contributed by atoms with Crippen LogP contribution < -0.4 is 0 Å². The molecular formula is C20H30O6. The molecule has 146 valence electrons. The molecule has 0 aromatic rings. The van der Waals surface area contributed by atoms with Crippen LogP contribution >= 0.6 is 0 Å². The Labute approximate surface area is 153 Å². The molecule has 4 aliphatic rings. The van der Waals surface area contributed by atoms with Crippen LogP contribution in [0.1, 0.15) is 71.6 Å². The van der Waals surface area contributed by atoms with E-state index in [4.69, 9.17) is 4.74 Å². The Bertz CT molecular complexity index is 663. The number of aliphatic hydroxyl groups is 2. The van der Waals surface area contributed by atoms with E-state index in [1.807, 2.05) is 13.8 Å². The highest BCUT2D eigenvalue weighted by Crippen LogP contribution is 2.72. The number of carboxylic acids is 1. The summed E-state index contributed by atoms with van der Waals surface area (Å²) in [6.07, 6.45) is 5.00. The number of carbonyl (C=O) groups excluding carboxylic acids is 1. The molecule has 0 radical (unpaired) electrons. The number of esters is 1. The van der Waals surface area contributed by atoms with Crippen LogP contribution in [0, 0.1) is 22.2 Å². The number of hydrogen-bond acceptors (Lipinski definition) is 5. The second-order valence-corrected chi connectivity index (χ2v) is 9.89. The molecule has 0 amide bonds. The summed E-state index contributed by atoms with van der Waals surface area (Å²) >= 11 is 0. The van der Waals surface area contributed by atoms with Crippen LogP contribution in [0.4, 0.5) is 0 Å². The van der Waals surface area contributed by atoms with Crippen molar-refractivity contribution < 1.29 is 29.6 Å². The lowest BCUT2D eigenvalue weighted by atomic mass is 9.36. The Morgan fingerprint density at radius 3 is 2.58 bits per heavy atom. The molecule has 4 fully saturated rings. The van der Waals surface area contributed by atoms with Crippen molar-refractivity contribution in [2.45, 2.75) is 82.8 Å². The molecule has 1 aliphatic heterocycles. The van der Waals surface area contributed by atoms with Crippen LogP contribution in [-0.4, -0.2) is 45.1 Å². The van der Waals surface area contributed by atoms with Gasteiger partial charge >= 0.3 is 11.9 Å². The predicted molar refractivity (Wildman–Crippen MR) is 92.2 cm³/mol. The predicted octanol–water partition coefficient (Wildman–Crippen LogP) is 2.26. The second-order valence-electron chi connectivity index (χ2n) is 9.89. The number of aliphatic hydroxyl groups excluding tert-OH is 1. The number of rotatable bonds is 2. The quantitative estimate of drug-likeness (QED) is 0.648. The van der Waals surface area contributed by atoms with Crippen molar-refractivity contribution in [2.75, 3.05) is 6.61 Å². The maximum absolute atomic E-state index is 12.4. The normalized spacial score (nSPS) is 53.2. The Morgan fingerprint density at radius 1 is 1.19 bits per heavy atom. The van der Waals surface area contributed by atoms with E-state index in [2.05, 4.69) is 0 Å². The smallest absolute Gasteiger partial charge is 0.309 e. The third-order valence-corrected chi connectivity index (χ3v) is 8.86. The number of hydrogen-bond donors (Lipinski definition) is 3. The molecule has 3 saturated carbocycles. The molecule has 0 aromatic carbocycles. The van der Waals surface area contributed by atoms with Gasteiger partial charge in [0.05, 0.1) is 24.0 Å². The summed E-state index contributed by atoms with van der Waals surface area (Å²) in [6.45, 7) is 3.66. The first-order valence-electron chi connectivity index (χ1n) is 9.85. The van der Waals surface area contributed by atoms with Gasteiger partial charge in [0.2, 0.25) is 0 Å². The number of fused-ring (bicyclic) bond motifs is 3. The molecule has 2 bridgehead atoms. The van der Waals surface area contributed by atoms with E-state index < -0.39 is 33.4 Å². The van der Waals surface area contributed by atoms with Gasteiger partial charge in [-0.3, -0.25) is 9.59 Å². The van der Waals surface area contributed by atoms with Gasteiger partial charge < -0.3 is 20.1 Å². The highest BCUT2D eigenvalue weighted by Gasteiger charge is 2.74. The summed E-state index contributed by atoms with van der Waals surface area (Å²) < 4.78 is 5.54. The first-order chi connectivity index (χ1) is 12.1. The number of aliphatic carboxylic acids is 1. The van der Waals surface area contributed by atoms with Gasteiger partial charge in [-0.1, -0.05) is 13.3 Å². The van der Waals surface area contributed by atoms with E-state index in [1.165, 1.54) is 0 Å². The van der Waals surface area contributed by atoms with Crippen molar-refractivity contribution >= 4 is 11.9 Å². The van der Waals surface area contributed by atoms with Crippen LogP contribution in [0.5, 0.6) is 0 Å². The first-order valence-corrected chi connectivity index (χ1v) is 9.85. The van der Waals surface area contributed by atoms with E-state index in [9.17, 15) is 24.9 Å². The van der Waals surface area contributed by atoms with Gasteiger partial charge in [0, 0.05) is 10.8 Å². The van der Waals surface area contributed by atoms with Gasteiger partial charge in [0.25, 0.3) is 0 Å². The zero-order chi connectivity index (χ0) is 19.0. The van der Waals surface area contributed by atoms with Gasteiger partial charge in [0.1, 0.15) is 5.60 Å². The van der Waals surface area contributed by atoms with Gasteiger partial charge in [-0.15, -0.1) is 0 Å². The van der Waals surface area contributed by atoms with Crippen molar-refractivity contribution in [1.29, 1.82) is 0 Å². The van der Waals surface area contributed by atoms with Crippen molar-refractivity contribution in [1.82, 2.24) is 0 Å². The molecule has 4 rings (SSSR count). The van der Waals surface area contributed by atoms with E-state index in [-0.39, 0.29) is 24.9 Å². The van der Waals surface area contributed by atoms with Gasteiger partial charge in [-0.25, -0.2) is 0 Å². The standard InChI is InChI=1S/C20H30O6/c1-16(15(23)24)5-3-6-17(2)13(16)4-7-18-10-14(22)26-19(11-18,12-21)8-9-20(17,18)25/h13,21,25H,3-12H2,1-2H3,(H,23,24)/t13-,16-,17-,18-,19-,20+/m0/s1. The summed E-state index contributed by atoms with van der Waals surface area (Å²) in [5.74, 6) is -1.24. The summed E-state index contributed by atoms with van der Waals surface area (Å²) in [6, 6.07) is 0. The zero-order valence-electron chi connectivity index (χ0n) is 15.7. The highest BCUT2D eigenvalue weighted by atomic mass is 16.6. The Hall–Kier alpha value is -1.14. The minimum Gasteiger partial charge on any atom is -0.481 e. The molecule has 0 unspecified atom stereocenters. The lowest BCUT2D eigenvalue weighted by Gasteiger charge is -2.70. The Morgan fingerprint density at radius 2 is 1.92 bits per heavy atom. The fourth-order valence-electron chi connectivity index (χ4n) is 7.50. The largest absolute Gasteiger partial charge is 0.481 e. The number of carboxylic acid groups (broad SMARTS) is 1. The highest BCUT2D eigenvalue weighted by molar-refractivity contribution is 5.75. The fraction of sp³-hybridized carbons (Fsp3) is 0.900. The lowest BCUT2D eigenvalue weighted by Crippen LogP contribution is -2.74. The molecule has 1 spiro atoms. The molecule has 3 N–H and O–H groups in total. The average molecular weight is 366 g/mol. The van der Waals surface area contributed by atoms with Crippen molar-refractivity contribution in [3.63, 3.8) is 0 Å². The molecule has 6 heteroatoms. The summed E-state index contributed by atoms with van der Waals surface area (Å²) in [4.78, 5) is 24.5. The van der Waals surface area contributed by atoms with Crippen LogP contribution in [0.3, 0.4) is 0 Å². The van der Waals surface area contributed by atoms with Crippen LogP contribution in [0.2, 0.25) is 0 Å². The van der Waals surface area contributed by atoms with E-state index >= 15 is 0 Å². The molecule has 6 nitrogen and oxygen atoms in total. The summed E-state index contributed by atoms with van der Waals surface area (Å²) in [5, 5.41) is 31.9. The lowest BCUT2D eigenvalue weighted by molar-refractivity contribution is -0.306. The maximum atomic E-state index is 12.4. The van der Waals surface area contributed by atoms with Crippen LogP contribution in [-0.2, 0) is 14.3 Å². The average Bonchev–Trinajstić information content (AvgIpc) is 2.57. The molecule has 1 saturated heterocycles. The second kappa shape index (κ2) is 5.22. The minimum absolute atomic E-state index is 0.114. The molecule has 26 heavy (non-hydrogen) atoms.